The number of benzene rings is 1. The second-order valence-electron chi connectivity index (χ2n) is 6.91. The number of anilines is 1. The third-order valence-corrected chi connectivity index (χ3v) is 5.77. The van der Waals surface area contributed by atoms with Gasteiger partial charge in [0.1, 0.15) is 5.56 Å². The van der Waals surface area contributed by atoms with Crippen LogP contribution in [0.4, 0.5) is 5.69 Å². The number of aromatic nitrogens is 2. The Labute approximate surface area is 161 Å². The van der Waals surface area contributed by atoms with Gasteiger partial charge in [-0.1, -0.05) is 12.1 Å². The number of carbonyl (C=O) groups excluding carboxylic acids is 1. The van der Waals surface area contributed by atoms with Crippen LogP contribution in [0.25, 0.3) is 4.96 Å². The van der Waals surface area contributed by atoms with Crippen LogP contribution in [-0.2, 0) is 6.54 Å². The average Bonchev–Trinajstić information content (AvgIpc) is 3.19. The van der Waals surface area contributed by atoms with Gasteiger partial charge >= 0.3 is 0 Å². The zero-order chi connectivity index (χ0) is 18.8. The summed E-state index contributed by atoms with van der Waals surface area (Å²) in [6.45, 7) is 2.67. The molecule has 0 aliphatic carbocycles. The van der Waals surface area contributed by atoms with E-state index in [0.29, 0.717) is 11.5 Å². The highest BCUT2D eigenvalue weighted by Gasteiger charge is 2.18. The molecule has 1 amide bonds. The van der Waals surface area contributed by atoms with E-state index in [1.807, 2.05) is 0 Å². The molecular weight excluding hydrogens is 360 g/mol. The number of fused-ring (bicyclic) bond motifs is 1. The van der Waals surface area contributed by atoms with Crippen molar-refractivity contribution in [2.24, 2.45) is 0 Å². The van der Waals surface area contributed by atoms with Crippen molar-refractivity contribution >= 4 is 27.9 Å². The minimum absolute atomic E-state index is 0.0957. The molecule has 1 aliphatic rings. The topological polar surface area (TPSA) is 57.9 Å². The number of rotatable bonds is 4. The standard InChI is InChI=1S/C20H22N4O2S/c1-22(18(25)17-13-21-20-24(19(17)26)11-12-27-20)14-15-5-7-16(8-6-15)23-9-3-2-4-10-23/h5-8,11-13H,2-4,9-10,14H2,1H3. The summed E-state index contributed by atoms with van der Waals surface area (Å²) in [6, 6.07) is 8.35. The van der Waals surface area contributed by atoms with Gasteiger partial charge in [0.2, 0.25) is 0 Å². The molecule has 0 spiro atoms. The van der Waals surface area contributed by atoms with Crippen molar-refractivity contribution in [1.82, 2.24) is 14.3 Å². The Morgan fingerprint density at radius 1 is 1.19 bits per heavy atom. The summed E-state index contributed by atoms with van der Waals surface area (Å²) in [5.41, 5.74) is 2.05. The highest BCUT2D eigenvalue weighted by molar-refractivity contribution is 7.15. The summed E-state index contributed by atoms with van der Waals surface area (Å²) < 4.78 is 1.42. The first-order chi connectivity index (χ1) is 13.1. The Bertz CT molecular complexity index is 1000. The first-order valence-corrected chi connectivity index (χ1v) is 10.1. The summed E-state index contributed by atoms with van der Waals surface area (Å²) in [5, 5.41) is 1.78. The van der Waals surface area contributed by atoms with Crippen LogP contribution in [0, 0.1) is 0 Å². The van der Waals surface area contributed by atoms with Crippen molar-refractivity contribution in [3.05, 3.63) is 63.5 Å². The van der Waals surface area contributed by atoms with Crippen molar-refractivity contribution in [3.63, 3.8) is 0 Å². The molecular formula is C20H22N4O2S. The molecule has 2 aromatic heterocycles. The highest BCUT2D eigenvalue weighted by atomic mass is 32.1. The van der Waals surface area contributed by atoms with Crippen molar-refractivity contribution < 1.29 is 4.79 Å². The monoisotopic (exact) mass is 382 g/mol. The van der Waals surface area contributed by atoms with Gasteiger partial charge in [0.05, 0.1) is 0 Å². The fraction of sp³-hybridized carbons (Fsp3) is 0.350. The van der Waals surface area contributed by atoms with Gasteiger partial charge < -0.3 is 9.80 Å². The molecule has 0 atom stereocenters. The summed E-state index contributed by atoms with van der Waals surface area (Å²) in [7, 11) is 1.71. The van der Waals surface area contributed by atoms with Crippen LogP contribution in [0.1, 0.15) is 35.2 Å². The molecule has 1 fully saturated rings. The Morgan fingerprint density at radius 3 is 2.67 bits per heavy atom. The van der Waals surface area contributed by atoms with E-state index < -0.39 is 0 Å². The predicted octanol–water partition coefficient (Wildman–Crippen LogP) is 3.02. The fourth-order valence-electron chi connectivity index (χ4n) is 3.49. The van der Waals surface area contributed by atoms with Gasteiger partial charge in [-0.2, -0.15) is 0 Å². The maximum atomic E-state index is 12.7. The SMILES string of the molecule is CN(Cc1ccc(N2CCCCC2)cc1)C(=O)c1cnc2sccn2c1=O. The van der Waals surface area contributed by atoms with Gasteiger partial charge in [-0.25, -0.2) is 4.98 Å². The van der Waals surface area contributed by atoms with E-state index in [-0.39, 0.29) is 17.0 Å². The van der Waals surface area contributed by atoms with Crippen LogP contribution >= 0.6 is 11.3 Å². The molecule has 1 aliphatic heterocycles. The molecule has 3 heterocycles. The van der Waals surface area contributed by atoms with E-state index in [4.69, 9.17) is 0 Å². The van der Waals surface area contributed by atoms with Gasteiger partial charge in [0.15, 0.2) is 4.96 Å². The van der Waals surface area contributed by atoms with Crippen molar-refractivity contribution in [1.29, 1.82) is 0 Å². The first-order valence-electron chi connectivity index (χ1n) is 9.18. The third-order valence-electron chi connectivity index (χ3n) is 5.00. The van der Waals surface area contributed by atoms with E-state index in [1.54, 1.807) is 23.5 Å². The molecule has 0 unspecified atom stereocenters. The molecule has 3 aromatic rings. The van der Waals surface area contributed by atoms with E-state index in [9.17, 15) is 9.59 Å². The minimum Gasteiger partial charge on any atom is -0.372 e. The quantitative estimate of drug-likeness (QED) is 0.696. The molecule has 0 saturated carbocycles. The lowest BCUT2D eigenvalue weighted by Gasteiger charge is -2.29. The largest absolute Gasteiger partial charge is 0.372 e. The maximum absolute atomic E-state index is 12.7. The van der Waals surface area contributed by atoms with E-state index in [1.165, 1.54) is 46.9 Å². The second-order valence-corrected chi connectivity index (χ2v) is 7.78. The van der Waals surface area contributed by atoms with Crippen molar-refractivity contribution in [2.45, 2.75) is 25.8 Å². The summed E-state index contributed by atoms with van der Waals surface area (Å²) in [4.78, 5) is 34.0. The lowest BCUT2D eigenvalue weighted by atomic mass is 10.1. The molecule has 0 radical (unpaired) electrons. The summed E-state index contributed by atoms with van der Waals surface area (Å²) >= 11 is 1.37. The van der Waals surface area contributed by atoms with Crippen LogP contribution in [0.2, 0.25) is 0 Å². The molecule has 0 bridgehead atoms. The smallest absolute Gasteiger partial charge is 0.271 e. The van der Waals surface area contributed by atoms with E-state index in [2.05, 4.69) is 34.1 Å². The predicted molar refractivity (Wildman–Crippen MR) is 108 cm³/mol. The number of nitrogens with zero attached hydrogens (tertiary/aromatic N) is 4. The summed E-state index contributed by atoms with van der Waals surface area (Å²) in [6.07, 6.45) is 6.83. The Kier molecular flexibility index (Phi) is 4.94. The Balaban J connectivity index is 1.47. The van der Waals surface area contributed by atoms with E-state index >= 15 is 0 Å². The second kappa shape index (κ2) is 7.52. The molecule has 4 rings (SSSR count). The highest BCUT2D eigenvalue weighted by Crippen LogP contribution is 2.20. The number of hydrogen-bond donors (Lipinski definition) is 0. The van der Waals surface area contributed by atoms with Gasteiger partial charge in [0.25, 0.3) is 11.5 Å². The normalized spacial score (nSPS) is 14.5. The Morgan fingerprint density at radius 2 is 1.93 bits per heavy atom. The van der Waals surface area contributed by atoms with Crippen LogP contribution < -0.4 is 10.5 Å². The number of carbonyl (C=O) groups is 1. The van der Waals surface area contributed by atoms with Crippen LogP contribution in [0.3, 0.4) is 0 Å². The first kappa shape index (κ1) is 17.7. The number of hydrogen-bond acceptors (Lipinski definition) is 5. The number of amides is 1. The van der Waals surface area contributed by atoms with Crippen LogP contribution in [-0.4, -0.2) is 40.3 Å². The van der Waals surface area contributed by atoms with Gasteiger partial charge in [-0.05, 0) is 37.0 Å². The molecule has 7 heteroatoms. The van der Waals surface area contributed by atoms with E-state index in [0.717, 1.165) is 18.7 Å². The van der Waals surface area contributed by atoms with Gasteiger partial charge in [0, 0.05) is 50.1 Å². The molecule has 27 heavy (non-hydrogen) atoms. The van der Waals surface area contributed by atoms with Gasteiger partial charge in [-0.3, -0.25) is 14.0 Å². The molecule has 140 valence electrons. The lowest BCUT2D eigenvalue weighted by molar-refractivity contribution is 0.0782. The minimum atomic E-state index is -0.321. The fourth-order valence-corrected chi connectivity index (χ4v) is 4.16. The molecule has 6 nitrogen and oxygen atoms in total. The third kappa shape index (κ3) is 3.60. The zero-order valence-electron chi connectivity index (χ0n) is 15.3. The van der Waals surface area contributed by atoms with Crippen LogP contribution in [0.5, 0.6) is 0 Å². The molecule has 1 saturated heterocycles. The molecule has 1 aromatic carbocycles. The summed E-state index contributed by atoms with van der Waals surface area (Å²) in [5.74, 6) is -0.312. The maximum Gasteiger partial charge on any atom is 0.271 e. The average molecular weight is 382 g/mol. The van der Waals surface area contributed by atoms with Crippen molar-refractivity contribution in [2.75, 3.05) is 25.0 Å². The lowest BCUT2D eigenvalue weighted by Crippen LogP contribution is -2.32. The number of piperidine rings is 1. The molecule has 0 N–H and O–H groups in total. The Hall–Kier alpha value is -2.67. The van der Waals surface area contributed by atoms with Gasteiger partial charge in [-0.15, -0.1) is 11.3 Å². The van der Waals surface area contributed by atoms with Crippen molar-refractivity contribution in [3.8, 4) is 0 Å². The van der Waals surface area contributed by atoms with Crippen LogP contribution in [0.15, 0.2) is 46.8 Å². The zero-order valence-corrected chi connectivity index (χ0v) is 16.1. The number of thiazole rings is 1.